The largest absolute Gasteiger partial charge is 0.490 e. The van der Waals surface area contributed by atoms with E-state index >= 15 is 0 Å². The van der Waals surface area contributed by atoms with Gasteiger partial charge in [-0.05, 0) is 53.9 Å². The number of benzene rings is 2. The Hall–Kier alpha value is -3.60. The van der Waals surface area contributed by atoms with Crippen LogP contribution in [0.15, 0.2) is 83.7 Å². The lowest BCUT2D eigenvalue weighted by Gasteiger charge is -2.49. The Balaban J connectivity index is 1.73. The first-order chi connectivity index (χ1) is 19.0. The molecule has 2 aromatic rings. The molecule has 1 heterocycles. The molecule has 5 rings (SSSR count). The van der Waals surface area contributed by atoms with Gasteiger partial charge in [-0.1, -0.05) is 76.7 Å². The normalized spacial score (nSPS) is 20.3. The van der Waals surface area contributed by atoms with Gasteiger partial charge in [0.15, 0.2) is 23.1 Å². The van der Waals surface area contributed by atoms with Gasteiger partial charge in [0.05, 0.1) is 6.61 Å². The van der Waals surface area contributed by atoms with E-state index in [1.54, 1.807) is 6.08 Å². The third kappa shape index (κ3) is 5.39. The fourth-order valence-corrected chi connectivity index (χ4v) is 6.58. The van der Waals surface area contributed by atoms with E-state index < -0.39 is 5.92 Å². The van der Waals surface area contributed by atoms with Crippen LogP contribution in [0.25, 0.3) is 0 Å². The molecule has 5 heteroatoms. The third-order valence-corrected chi connectivity index (χ3v) is 8.16. The molecule has 0 saturated heterocycles. The minimum absolute atomic E-state index is 0.128. The highest BCUT2D eigenvalue weighted by molar-refractivity contribution is 6.06. The van der Waals surface area contributed by atoms with E-state index in [0.717, 1.165) is 46.5 Å². The van der Waals surface area contributed by atoms with Gasteiger partial charge in [0.2, 0.25) is 0 Å². The molecule has 3 aliphatic rings. The second-order valence-electron chi connectivity index (χ2n) is 12.8. The molecular weight excluding hydrogens is 498 g/mol. The van der Waals surface area contributed by atoms with E-state index in [0.29, 0.717) is 44.1 Å². The predicted molar refractivity (Wildman–Crippen MR) is 158 cm³/mol. The zero-order valence-corrected chi connectivity index (χ0v) is 24.5. The minimum Gasteiger partial charge on any atom is -0.490 e. The van der Waals surface area contributed by atoms with Gasteiger partial charge in [-0.15, -0.1) is 0 Å². The SMILES string of the molecule is C=CCOc1ccc(C2C3=C(CC(C)(C)CC3=O)N(Cc3ccccc3)C3=C2C(=O)CC(C)(C)C3)cc1OCC. The summed E-state index contributed by atoms with van der Waals surface area (Å²) in [5.41, 5.74) is 5.38. The molecule has 0 atom stereocenters. The smallest absolute Gasteiger partial charge is 0.162 e. The molecule has 0 radical (unpaired) electrons. The second kappa shape index (κ2) is 10.8. The van der Waals surface area contributed by atoms with Crippen LogP contribution in [0, 0.1) is 10.8 Å². The van der Waals surface area contributed by atoms with Gasteiger partial charge in [0.1, 0.15) is 6.61 Å². The number of carbonyl (C=O) groups excluding carboxylic acids is 2. The molecule has 0 spiro atoms. The lowest BCUT2D eigenvalue weighted by atomic mass is 9.63. The summed E-state index contributed by atoms with van der Waals surface area (Å²) < 4.78 is 11.9. The minimum atomic E-state index is -0.420. The van der Waals surface area contributed by atoms with Crippen molar-refractivity contribution in [3.63, 3.8) is 0 Å². The molecule has 0 saturated carbocycles. The van der Waals surface area contributed by atoms with Crippen molar-refractivity contribution in [2.45, 2.75) is 72.8 Å². The summed E-state index contributed by atoms with van der Waals surface area (Å²) in [5.74, 6) is 1.08. The maximum absolute atomic E-state index is 14.1. The fraction of sp³-hybridized carbons (Fsp3) is 0.429. The van der Waals surface area contributed by atoms with Gasteiger partial charge < -0.3 is 14.4 Å². The first-order valence-corrected chi connectivity index (χ1v) is 14.4. The van der Waals surface area contributed by atoms with Crippen LogP contribution in [-0.2, 0) is 16.1 Å². The van der Waals surface area contributed by atoms with Gasteiger partial charge in [0.25, 0.3) is 0 Å². The van der Waals surface area contributed by atoms with Crippen molar-refractivity contribution in [3.8, 4) is 11.5 Å². The van der Waals surface area contributed by atoms with Gasteiger partial charge >= 0.3 is 0 Å². The molecule has 0 fully saturated rings. The quantitative estimate of drug-likeness (QED) is 0.325. The zero-order chi connectivity index (χ0) is 28.7. The van der Waals surface area contributed by atoms with Gasteiger partial charge in [-0.2, -0.15) is 0 Å². The molecule has 0 aromatic heterocycles. The lowest BCUT2D eigenvalue weighted by Crippen LogP contribution is -2.44. The Labute approximate surface area is 238 Å². The molecule has 0 amide bonds. The molecule has 210 valence electrons. The van der Waals surface area contributed by atoms with Crippen molar-refractivity contribution in [2.75, 3.05) is 13.2 Å². The van der Waals surface area contributed by atoms with E-state index in [1.807, 2.05) is 43.3 Å². The Morgan fingerprint density at radius 1 is 0.850 bits per heavy atom. The highest BCUT2D eigenvalue weighted by atomic mass is 16.5. The Morgan fingerprint density at radius 3 is 2.00 bits per heavy atom. The van der Waals surface area contributed by atoms with Crippen LogP contribution in [0.4, 0.5) is 0 Å². The van der Waals surface area contributed by atoms with Crippen molar-refractivity contribution in [1.82, 2.24) is 4.90 Å². The molecule has 0 N–H and O–H groups in total. The molecule has 1 aliphatic heterocycles. The van der Waals surface area contributed by atoms with E-state index in [9.17, 15) is 9.59 Å². The maximum Gasteiger partial charge on any atom is 0.162 e. The Kier molecular flexibility index (Phi) is 7.52. The third-order valence-electron chi connectivity index (χ3n) is 8.16. The molecular formula is C35H41NO4. The van der Waals surface area contributed by atoms with Crippen molar-refractivity contribution in [3.05, 3.63) is 94.9 Å². The number of Topliss-reactive ketones (excluding diaryl/α,β-unsaturated/α-hetero) is 2. The number of carbonyl (C=O) groups is 2. The van der Waals surface area contributed by atoms with Crippen LogP contribution in [-0.4, -0.2) is 29.7 Å². The van der Waals surface area contributed by atoms with Crippen LogP contribution in [0.2, 0.25) is 0 Å². The predicted octanol–water partition coefficient (Wildman–Crippen LogP) is 7.54. The lowest BCUT2D eigenvalue weighted by molar-refractivity contribution is -0.119. The number of ketones is 2. The van der Waals surface area contributed by atoms with E-state index in [2.05, 4.69) is 51.3 Å². The van der Waals surface area contributed by atoms with E-state index in [4.69, 9.17) is 9.47 Å². The van der Waals surface area contributed by atoms with Crippen LogP contribution >= 0.6 is 0 Å². The molecule has 2 aromatic carbocycles. The summed E-state index contributed by atoms with van der Waals surface area (Å²) in [6.45, 7) is 15.8. The standard InChI is InChI=1S/C35H41NO4/c1-7-16-40-29-15-14-24(17-30(29)39-8-2)31-32-25(18-34(3,4)20-27(32)37)36(22-23-12-10-9-11-13-23)26-19-35(5,6)21-28(38)33(26)31/h7,9-15,17,31H,1,8,16,18-22H2,2-6H3. The van der Waals surface area contributed by atoms with E-state index in [-0.39, 0.29) is 22.4 Å². The number of ether oxygens (including phenoxy) is 2. The first-order valence-electron chi connectivity index (χ1n) is 14.4. The molecule has 0 bridgehead atoms. The number of nitrogens with zero attached hydrogens (tertiary/aromatic N) is 1. The Bertz CT molecular complexity index is 1340. The summed E-state index contributed by atoms with van der Waals surface area (Å²) in [7, 11) is 0. The molecule has 5 nitrogen and oxygen atoms in total. The molecule has 2 aliphatic carbocycles. The Morgan fingerprint density at radius 2 is 1.45 bits per heavy atom. The summed E-state index contributed by atoms with van der Waals surface area (Å²) in [5, 5.41) is 0. The van der Waals surface area contributed by atoms with Gasteiger partial charge in [0, 0.05) is 47.8 Å². The summed E-state index contributed by atoms with van der Waals surface area (Å²) in [4.78, 5) is 30.5. The summed E-state index contributed by atoms with van der Waals surface area (Å²) in [6, 6.07) is 16.2. The van der Waals surface area contributed by atoms with E-state index in [1.165, 1.54) is 0 Å². The van der Waals surface area contributed by atoms with Crippen molar-refractivity contribution in [2.24, 2.45) is 10.8 Å². The first kappa shape index (κ1) is 27.9. The van der Waals surface area contributed by atoms with Crippen LogP contribution < -0.4 is 9.47 Å². The number of rotatable bonds is 8. The average Bonchev–Trinajstić information content (AvgIpc) is 2.88. The van der Waals surface area contributed by atoms with Crippen LogP contribution in [0.3, 0.4) is 0 Å². The van der Waals surface area contributed by atoms with Crippen molar-refractivity contribution in [1.29, 1.82) is 0 Å². The van der Waals surface area contributed by atoms with Crippen molar-refractivity contribution >= 4 is 11.6 Å². The number of allylic oxidation sites excluding steroid dienone is 4. The summed E-state index contributed by atoms with van der Waals surface area (Å²) in [6.07, 6.45) is 4.18. The maximum atomic E-state index is 14.1. The van der Waals surface area contributed by atoms with Crippen LogP contribution in [0.5, 0.6) is 11.5 Å². The van der Waals surface area contributed by atoms with Crippen LogP contribution in [0.1, 0.15) is 77.3 Å². The number of hydrogen-bond acceptors (Lipinski definition) is 5. The topological polar surface area (TPSA) is 55.8 Å². The zero-order valence-electron chi connectivity index (χ0n) is 24.5. The number of hydrogen-bond donors (Lipinski definition) is 0. The monoisotopic (exact) mass is 539 g/mol. The highest BCUT2D eigenvalue weighted by Gasteiger charge is 2.49. The fourth-order valence-electron chi connectivity index (χ4n) is 6.58. The average molecular weight is 540 g/mol. The molecule has 0 unspecified atom stereocenters. The van der Waals surface area contributed by atoms with Crippen molar-refractivity contribution < 1.29 is 19.1 Å². The molecule has 40 heavy (non-hydrogen) atoms. The van der Waals surface area contributed by atoms with Gasteiger partial charge in [-0.25, -0.2) is 0 Å². The highest BCUT2D eigenvalue weighted by Crippen LogP contribution is 2.55. The summed E-state index contributed by atoms with van der Waals surface area (Å²) >= 11 is 0. The second-order valence-corrected chi connectivity index (χ2v) is 12.8. The van der Waals surface area contributed by atoms with Gasteiger partial charge in [-0.3, -0.25) is 9.59 Å².